The van der Waals surface area contributed by atoms with Crippen LogP contribution < -0.4 is 27.4 Å². The van der Waals surface area contributed by atoms with Crippen LogP contribution in [0.15, 0.2) is 12.5 Å². The Morgan fingerprint density at radius 3 is 2.12 bits per heavy atom. The number of amides is 3. The number of aliphatic carboxylic acids is 1. The Morgan fingerprint density at radius 2 is 1.62 bits per heavy atom. The molecule has 3 amide bonds. The number of H-pyrrole nitrogens is 1. The number of aromatic nitrogens is 2. The average Bonchev–Trinajstić information content (AvgIpc) is 3.28. The van der Waals surface area contributed by atoms with Crippen molar-refractivity contribution < 1.29 is 24.3 Å². The predicted octanol–water partition coefficient (Wildman–Crippen LogP) is -0.740. The Labute approximate surface area is 200 Å². The summed E-state index contributed by atoms with van der Waals surface area (Å²) in [6, 6.07) is -3.94. The molecule has 1 rings (SSSR count). The van der Waals surface area contributed by atoms with Gasteiger partial charge in [-0.05, 0) is 37.6 Å². The molecule has 12 heteroatoms. The van der Waals surface area contributed by atoms with E-state index in [1.54, 1.807) is 27.7 Å². The van der Waals surface area contributed by atoms with Gasteiger partial charge >= 0.3 is 5.97 Å². The lowest BCUT2D eigenvalue weighted by Gasteiger charge is -2.27. The molecule has 9 N–H and O–H groups in total. The van der Waals surface area contributed by atoms with Crippen molar-refractivity contribution in [2.75, 3.05) is 6.54 Å². The number of nitrogens with one attached hydrogen (secondary N) is 4. The number of hydrogen-bond donors (Lipinski definition) is 7. The molecule has 4 unspecified atom stereocenters. The summed E-state index contributed by atoms with van der Waals surface area (Å²) in [5.74, 6) is -3.35. The second-order valence-corrected chi connectivity index (χ2v) is 9.03. The maximum Gasteiger partial charge on any atom is 0.326 e. The van der Waals surface area contributed by atoms with Gasteiger partial charge in [-0.1, -0.05) is 27.7 Å². The molecular weight excluding hydrogens is 442 g/mol. The van der Waals surface area contributed by atoms with Crippen LogP contribution in [0.2, 0.25) is 0 Å². The van der Waals surface area contributed by atoms with Crippen LogP contribution >= 0.6 is 0 Å². The van der Waals surface area contributed by atoms with E-state index in [9.17, 15) is 24.3 Å². The fraction of sp³-hybridized carbons (Fsp3) is 0.682. The van der Waals surface area contributed by atoms with Gasteiger partial charge in [-0.15, -0.1) is 0 Å². The Balaban J connectivity index is 2.97. The number of nitrogens with two attached hydrogens (primary N) is 2. The first-order chi connectivity index (χ1) is 16.0. The van der Waals surface area contributed by atoms with E-state index in [1.807, 2.05) is 0 Å². The van der Waals surface area contributed by atoms with Gasteiger partial charge in [0.15, 0.2) is 0 Å². The number of rotatable bonds is 15. The quantitative estimate of drug-likeness (QED) is 0.158. The molecule has 0 aliphatic carbocycles. The van der Waals surface area contributed by atoms with Gasteiger partial charge in [0, 0.05) is 18.3 Å². The standard InChI is InChI=1S/C22H39N7O5/c1-12(2)17(24)20(31)28-16(9-14-10-25-11-26-14)19(30)29-18(13(3)4)21(32)27-15(22(33)34)7-5-6-8-23/h10-13,15-18H,5-9,23-24H2,1-4H3,(H,25,26)(H,27,32)(H,28,31)(H,29,30)(H,33,34). The van der Waals surface area contributed by atoms with E-state index in [4.69, 9.17) is 11.5 Å². The van der Waals surface area contributed by atoms with E-state index in [-0.39, 0.29) is 24.7 Å². The largest absolute Gasteiger partial charge is 0.480 e. The first-order valence-corrected chi connectivity index (χ1v) is 11.5. The van der Waals surface area contributed by atoms with Crippen molar-refractivity contribution >= 4 is 23.7 Å². The highest BCUT2D eigenvalue weighted by molar-refractivity contribution is 5.94. The van der Waals surface area contributed by atoms with Crippen LogP contribution in [0.4, 0.5) is 0 Å². The molecule has 0 spiro atoms. The van der Waals surface area contributed by atoms with Crippen molar-refractivity contribution in [3.63, 3.8) is 0 Å². The summed E-state index contributed by atoms with van der Waals surface area (Å²) in [4.78, 5) is 56.9. The molecule has 4 atom stereocenters. The minimum Gasteiger partial charge on any atom is -0.480 e. The van der Waals surface area contributed by atoms with Gasteiger partial charge in [-0.25, -0.2) is 9.78 Å². The van der Waals surface area contributed by atoms with Crippen LogP contribution in [-0.4, -0.2) is 69.5 Å². The maximum atomic E-state index is 13.1. The molecule has 34 heavy (non-hydrogen) atoms. The van der Waals surface area contributed by atoms with Gasteiger partial charge in [0.05, 0.1) is 12.4 Å². The van der Waals surface area contributed by atoms with Gasteiger partial charge in [0.25, 0.3) is 0 Å². The number of unbranched alkanes of at least 4 members (excludes halogenated alkanes) is 1. The molecule has 0 aliphatic heterocycles. The molecule has 0 bridgehead atoms. The Kier molecular flexibility index (Phi) is 12.2. The third kappa shape index (κ3) is 9.48. The van der Waals surface area contributed by atoms with Gasteiger partial charge in [0.2, 0.25) is 17.7 Å². The molecule has 0 aliphatic rings. The zero-order valence-corrected chi connectivity index (χ0v) is 20.3. The van der Waals surface area contributed by atoms with Crippen LogP contribution in [0.3, 0.4) is 0 Å². The van der Waals surface area contributed by atoms with Crippen LogP contribution in [-0.2, 0) is 25.6 Å². The fourth-order valence-electron chi connectivity index (χ4n) is 3.20. The van der Waals surface area contributed by atoms with Gasteiger partial charge in [0.1, 0.15) is 18.1 Å². The Bertz CT molecular complexity index is 798. The molecule has 192 valence electrons. The summed E-state index contributed by atoms with van der Waals surface area (Å²) in [5.41, 5.74) is 12.0. The summed E-state index contributed by atoms with van der Waals surface area (Å²) in [6.07, 6.45) is 4.49. The van der Waals surface area contributed by atoms with Crippen molar-refractivity contribution in [1.29, 1.82) is 0 Å². The SMILES string of the molecule is CC(C)C(N)C(=O)NC(Cc1cnc[nH]1)C(=O)NC(C(=O)NC(CCCCN)C(=O)O)C(C)C. The van der Waals surface area contributed by atoms with Crippen molar-refractivity contribution in [3.8, 4) is 0 Å². The van der Waals surface area contributed by atoms with Crippen LogP contribution in [0.1, 0.15) is 52.7 Å². The third-order valence-electron chi connectivity index (χ3n) is 5.44. The van der Waals surface area contributed by atoms with E-state index in [1.165, 1.54) is 12.5 Å². The summed E-state index contributed by atoms with van der Waals surface area (Å²) >= 11 is 0. The molecular formula is C22H39N7O5. The topological polar surface area (TPSA) is 205 Å². The van der Waals surface area contributed by atoms with E-state index < -0.39 is 47.9 Å². The molecule has 0 saturated heterocycles. The Morgan fingerprint density at radius 1 is 0.971 bits per heavy atom. The normalized spacial score (nSPS) is 14.8. The number of nitrogens with zero attached hydrogens (tertiary/aromatic N) is 1. The van der Waals surface area contributed by atoms with E-state index in [2.05, 4.69) is 25.9 Å². The number of carboxylic acids is 1. The third-order valence-corrected chi connectivity index (χ3v) is 5.44. The lowest BCUT2D eigenvalue weighted by Crippen LogP contribution is -2.59. The number of aromatic amines is 1. The maximum absolute atomic E-state index is 13.1. The first kappa shape index (κ1) is 29.0. The second-order valence-electron chi connectivity index (χ2n) is 9.03. The highest BCUT2D eigenvalue weighted by Gasteiger charge is 2.32. The van der Waals surface area contributed by atoms with Crippen molar-refractivity contribution in [1.82, 2.24) is 25.9 Å². The smallest absolute Gasteiger partial charge is 0.326 e. The minimum atomic E-state index is -1.16. The lowest BCUT2D eigenvalue weighted by atomic mass is 10.0. The lowest BCUT2D eigenvalue weighted by molar-refractivity contribution is -0.142. The molecule has 1 heterocycles. The number of carbonyl (C=O) groups excluding carboxylic acids is 3. The van der Waals surface area contributed by atoms with Gasteiger partial charge in [-0.2, -0.15) is 0 Å². The highest BCUT2D eigenvalue weighted by atomic mass is 16.4. The summed E-state index contributed by atoms with van der Waals surface area (Å²) in [6.45, 7) is 7.46. The van der Waals surface area contributed by atoms with Gasteiger partial charge < -0.3 is 37.5 Å². The molecule has 0 aromatic carbocycles. The van der Waals surface area contributed by atoms with Crippen molar-refractivity contribution in [2.24, 2.45) is 23.3 Å². The molecule has 0 saturated carbocycles. The molecule has 0 fully saturated rings. The zero-order chi connectivity index (χ0) is 25.8. The molecule has 1 aromatic rings. The van der Waals surface area contributed by atoms with Crippen molar-refractivity contribution in [2.45, 2.75) is 77.5 Å². The van der Waals surface area contributed by atoms with Gasteiger partial charge in [-0.3, -0.25) is 14.4 Å². The van der Waals surface area contributed by atoms with E-state index in [0.29, 0.717) is 25.1 Å². The van der Waals surface area contributed by atoms with E-state index in [0.717, 1.165) is 0 Å². The number of imidazole rings is 1. The summed E-state index contributed by atoms with van der Waals surface area (Å²) < 4.78 is 0. The monoisotopic (exact) mass is 481 g/mol. The summed E-state index contributed by atoms with van der Waals surface area (Å²) in [5, 5.41) is 17.3. The van der Waals surface area contributed by atoms with Crippen molar-refractivity contribution in [3.05, 3.63) is 18.2 Å². The molecule has 0 radical (unpaired) electrons. The van der Waals surface area contributed by atoms with Crippen LogP contribution in [0, 0.1) is 11.8 Å². The van der Waals surface area contributed by atoms with Crippen LogP contribution in [0.5, 0.6) is 0 Å². The Hall–Kier alpha value is -2.99. The average molecular weight is 482 g/mol. The highest BCUT2D eigenvalue weighted by Crippen LogP contribution is 2.08. The zero-order valence-electron chi connectivity index (χ0n) is 20.3. The first-order valence-electron chi connectivity index (χ1n) is 11.5. The number of carboxylic acid groups (broad SMARTS) is 1. The molecule has 12 nitrogen and oxygen atoms in total. The number of hydrogen-bond acceptors (Lipinski definition) is 7. The number of carbonyl (C=O) groups is 4. The second kappa shape index (κ2) is 14.3. The molecule has 1 aromatic heterocycles. The summed E-state index contributed by atoms with van der Waals surface area (Å²) in [7, 11) is 0. The minimum absolute atomic E-state index is 0.103. The predicted molar refractivity (Wildman–Crippen MR) is 126 cm³/mol. The van der Waals surface area contributed by atoms with E-state index >= 15 is 0 Å². The fourth-order valence-corrected chi connectivity index (χ4v) is 3.20. The van der Waals surface area contributed by atoms with Crippen LogP contribution in [0.25, 0.3) is 0 Å².